The summed E-state index contributed by atoms with van der Waals surface area (Å²) in [4.78, 5) is 12.6. The molecular formula is C13H17BrN2OS. The Morgan fingerprint density at radius 2 is 2.22 bits per heavy atom. The molecule has 0 saturated carbocycles. The smallest absolute Gasteiger partial charge is 0.251 e. The Morgan fingerprint density at radius 3 is 2.78 bits per heavy atom. The van der Waals surface area contributed by atoms with Gasteiger partial charge in [0.05, 0.1) is 4.99 Å². The van der Waals surface area contributed by atoms with Crippen molar-refractivity contribution in [1.29, 1.82) is 0 Å². The highest BCUT2D eigenvalue weighted by Crippen LogP contribution is 2.16. The van der Waals surface area contributed by atoms with E-state index < -0.39 is 0 Å². The van der Waals surface area contributed by atoms with Crippen LogP contribution in [0.5, 0.6) is 0 Å². The number of aryl methyl sites for hydroxylation is 1. The molecular weight excluding hydrogens is 312 g/mol. The number of carbonyl (C=O) groups is 1. The molecule has 0 aliphatic carbocycles. The lowest BCUT2D eigenvalue weighted by Gasteiger charge is -2.17. The van der Waals surface area contributed by atoms with Crippen molar-refractivity contribution in [3.8, 4) is 0 Å². The second-order valence-electron chi connectivity index (χ2n) is 4.21. The minimum absolute atomic E-state index is 0.00613. The Kier molecular flexibility index (Phi) is 5.75. The van der Waals surface area contributed by atoms with Gasteiger partial charge in [-0.1, -0.05) is 41.1 Å². The summed E-state index contributed by atoms with van der Waals surface area (Å²) < 4.78 is 0.889. The summed E-state index contributed by atoms with van der Waals surface area (Å²) in [6.45, 7) is 3.91. The van der Waals surface area contributed by atoms with E-state index >= 15 is 0 Å². The minimum Gasteiger partial charge on any atom is -0.393 e. The number of nitrogens with two attached hydrogens (primary N) is 1. The molecule has 1 atom stereocenters. The predicted molar refractivity (Wildman–Crippen MR) is 81.8 cm³/mol. The fraction of sp³-hybridized carbons (Fsp3) is 0.385. The molecule has 1 amide bonds. The van der Waals surface area contributed by atoms with Gasteiger partial charge in [-0.15, -0.1) is 0 Å². The van der Waals surface area contributed by atoms with Crippen molar-refractivity contribution in [3.05, 3.63) is 33.8 Å². The summed E-state index contributed by atoms with van der Waals surface area (Å²) in [5.41, 5.74) is 7.13. The van der Waals surface area contributed by atoms with Gasteiger partial charge in [0.25, 0.3) is 5.91 Å². The number of nitrogens with one attached hydrogen (secondary N) is 1. The highest BCUT2D eigenvalue weighted by atomic mass is 79.9. The normalized spacial score (nSPS) is 11.9. The maximum absolute atomic E-state index is 12.2. The van der Waals surface area contributed by atoms with Crippen molar-refractivity contribution in [3.63, 3.8) is 0 Å². The highest BCUT2D eigenvalue weighted by molar-refractivity contribution is 9.10. The van der Waals surface area contributed by atoms with Crippen molar-refractivity contribution >= 4 is 39.0 Å². The van der Waals surface area contributed by atoms with Gasteiger partial charge in [0.1, 0.15) is 0 Å². The van der Waals surface area contributed by atoms with E-state index in [0.717, 1.165) is 16.5 Å². The fourth-order valence-corrected chi connectivity index (χ4v) is 2.20. The average Bonchev–Trinajstić information content (AvgIpc) is 2.30. The standard InChI is InChI=1S/C13H17BrN2OS/c1-3-10(7-12(15)18)16-13(17)11-6-9(14)5-4-8(11)2/h4-6,10H,3,7H2,1-2H3,(H2,15,18)(H,16,17). The third kappa shape index (κ3) is 4.38. The Morgan fingerprint density at radius 1 is 1.56 bits per heavy atom. The van der Waals surface area contributed by atoms with Crippen molar-refractivity contribution in [2.24, 2.45) is 5.73 Å². The van der Waals surface area contributed by atoms with E-state index in [2.05, 4.69) is 21.2 Å². The number of hydrogen-bond acceptors (Lipinski definition) is 2. The van der Waals surface area contributed by atoms with Gasteiger partial charge in [-0.3, -0.25) is 4.79 Å². The number of rotatable bonds is 5. The molecule has 1 unspecified atom stereocenters. The van der Waals surface area contributed by atoms with Crippen molar-refractivity contribution in [1.82, 2.24) is 5.32 Å². The third-order valence-electron chi connectivity index (χ3n) is 2.72. The molecule has 3 nitrogen and oxygen atoms in total. The molecule has 0 aliphatic heterocycles. The summed E-state index contributed by atoms with van der Waals surface area (Å²) in [5, 5.41) is 2.96. The Hall–Kier alpha value is -0.940. The number of hydrogen-bond donors (Lipinski definition) is 2. The summed E-state index contributed by atoms with van der Waals surface area (Å²) >= 11 is 8.24. The molecule has 5 heteroatoms. The van der Waals surface area contributed by atoms with Gasteiger partial charge in [0.2, 0.25) is 0 Å². The van der Waals surface area contributed by atoms with Crippen LogP contribution < -0.4 is 11.1 Å². The van der Waals surface area contributed by atoms with Gasteiger partial charge in [0, 0.05) is 22.5 Å². The number of carbonyl (C=O) groups excluding carboxylic acids is 1. The van der Waals surface area contributed by atoms with Gasteiger partial charge in [-0.2, -0.15) is 0 Å². The van der Waals surface area contributed by atoms with E-state index in [1.807, 2.05) is 32.0 Å². The molecule has 1 aromatic rings. The molecule has 0 heterocycles. The first-order valence-electron chi connectivity index (χ1n) is 5.79. The Balaban J connectivity index is 2.80. The molecule has 0 fully saturated rings. The van der Waals surface area contributed by atoms with Crippen molar-refractivity contribution in [2.75, 3.05) is 0 Å². The Bertz CT molecular complexity index is 462. The van der Waals surface area contributed by atoms with Crippen LogP contribution in [0, 0.1) is 6.92 Å². The van der Waals surface area contributed by atoms with E-state index in [-0.39, 0.29) is 11.9 Å². The highest BCUT2D eigenvalue weighted by Gasteiger charge is 2.14. The van der Waals surface area contributed by atoms with E-state index in [1.54, 1.807) is 0 Å². The summed E-state index contributed by atoms with van der Waals surface area (Å²) in [6, 6.07) is 5.64. The van der Waals surface area contributed by atoms with Crippen LogP contribution >= 0.6 is 28.1 Å². The number of halogens is 1. The molecule has 0 aromatic heterocycles. The maximum Gasteiger partial charge on any atom is 0.251 e. The SMILES string of the molecule is CCC(CC(N)=S)NC(=O)c1cc(Br)ccc1C. The first-order valence-corrected chi connectivity index (χ1v) is 6.99. The second-order valence-corrected chi connectivity index (χ2v) is 5.65. The van der Waals surface area contributed by atoms with Crippen LogP contribution in [0.25, 0.3) is 0 Å². The van der Waals surface area contributed by atoms with Gasteiger partial charge in [-0.05, 0) is 31.0 Å². The van der Waals surface area contributed by atoms with E-state index in [4.69, 9.17) is 18.0 Å². The first kappa shape index (κ1) is 15.1. The lowest BCUT2D eigenvalue weighted by Crippen LogP contribution is -2.37. The van der Waals surface area contributed by atoms with Crippen molar-refractivity contribution in [2.45, 2.75) is 32.7 Å². The van der Waals surface area contributed by atoms with Crippen LogP contribution in [-0.2, 0) is 0 Å². The molecule has 1 aromatic carbocycles. The van der Waals surface area contributed by atoms with Crippen LogP contribution in [0.3, 0.4) is 0 Å². The minimum atomic E-state index is -0.0862. The van der Waals surface area contributed by atoms with Crippen LogP contribution in [-0.4, -0.2) is 16.9 Å². The maximum atomic E-state index is 12.2. The molecule has 0 radical (unpaired) electrons. The summed E-state index contributed by atoms with van der Waals surface area (Å²) in [5.74, 6) is -0.0862. The molecule has 0 aliphatic rings. The molecule has 3 N–H and O–H groups in total. The zero-order chi connectivity index (χ0) is 13.7. The summed E-state index contributed by atoms with van der Waals surface area (Å²) in [7, 11) is 0. The van der Waals surface area contributed by atoms with Crippen LogP contribution in [0.2, 0.25) is 0 Å². The van der Waals surface area contributed by atoms with Gasteiger partial charge >= 0.3 is 0 Å². The lowest BCUT2D eigenvalue weighted by molar-refractivity contribution is 0.0936. The summed E-state index contributed by atoms with van der Waals surface area (Å²) in [6.07, 6.45) is 1.33. The molecule has 0 bridgehead atoms. The van der Waals surface area contributed by atoms with Gasteiger partial charge < -0.3 is 11.1 Å². The zero-order valence-electron chi connectivity index (χ0n) is 10.5. The van der Waals surface area contributed by atoms with Crippen molar-refractivity contribution < 1.29 is 4.79 Å². The average molecular weight is 329 g/mol. The molecule has 18 heavy (non-hydrogen) atoms. The van der Waals surface area contributed by atoms with E-state index in [1.165, 1.54) is 0 Å². The second kappa shape index (κ2) is 6.85. The van der Waals surface area contributed by atoms with Gasteiger partial charge in [0.15, 0.2) is 0 Å². The zero-order valence-corrected chi connectivity index (χ0v) is 12.9. The van der Waals surface area contributed by atoms with Crippen LogP contribution in [0.15, 0.2) is 22.7 Å². The number of amides is 1. The molecule has 1 rings (SSSR count). The van der Waals surface area contributed by atoms with Gasteiger partial charge in [-0.25, -0.2) is 0 Å². The fourth-order valence-electron chi connectivity index (χ4n) is 1.64. The predicted octanol–water partition coefficient (Wildman–Crippen LogP) is 2.94. The third-order valence-corrected chi connectivity index (χ3v) is 3.38. The van der Waals surface area contributed by atoms with Crippen LogP contribution in [0.4, 0.5) is 0 Å². The number of thiocarbonyl (C=S) groups is 1. The van der Waals surface area contributed by atoms with E-state index in [9.17, 15) is 4.79 Å². The van der Waals surface area contributed by atoms with E-state index in [0.29, 0.717) is 17.0 Å². The quantitative estimate of drug-likeness (QED) is 0.817. The molecule has 0 saturated heterocycles. The first-order chi connectivity index (χ1) is 8.43. The Labute approximate surface area is 121 Å². The topological polar surface area (TPSA) is 55.1 Å². The number of benzene rings is 1. The molecule has 98 valence electrons. The monoisotopic (exact) mass is 328 g/mol. The largest absolute Gasteiger partial charge is 0.393 e. The van der Waals surface area contributed by atoms with Crippen LogP contribution in [0.1, 0.15) is 35.7 Å². The molecule has 0 spiro atoms. The lowest BCUT2D eigenvalue weighted by atomic mass is 10.1.